The van der Waals surface area contributed by atoms with Gasteiger partial charge in [-0.05, 0) is 49.9 Å². The summed E-state index contributed by atoms with van der Waals surface area (Å²) in [6.07, 6.45) is 5.94. The fourth-order valence-corrected chi connectivity index (χ4v) is 3.65. The first kappa shape index (κ1) is 24.5. The summed E-state index contributed by atoms with van der Waals surface area (Å²) in [5, 5.41) is 6.79. The third-order valence-electron chi connectivity index (χ3n) is 5.61. The molecule has 0 aliphatic carbocycles. The second-order valence-corrected chi connectivity index (χ2v) is 8.56. The van der Waals surface area contributed by atoms with Crippen molar-refractivity contribution in [2.24, 2.45) is 10.9 Å². The van der Waals surface area contributed by atoms with E-state index in [4.69, 9.17) is 9.47 Å². The Morgan fingerprint density at radius 3 is 2.77 bits per heavy atom. The first-order chi connectivity index (χ1) is 14.6. The molecule has 2 N–H and O–H groups in total. The zero-order chi connectivity index (χ0) is 21.6. The number of benzene rings is 1. The molecule has 0 spiro atoms. The molecule has 0 amide bonds. The summed E-state index contributed by atoms with van der Waals surface area (Å²) in [7, 11) is 4.00. The maximum atomic E-state index is 6.01. The minimum atomic E-state index is 0.613. The molecule has 6 nitrogen and oxygen atoms in total. The van der Waals surface area contributed by atoms with Gasteiger partial charge in [0, 0.05) is 45.9 Å². The van der Waals surface area contributed by atoms with Crippen LogP contribution in [0.1, 0.15) is 51.5 Å². The van der Waals surface area contributed by atoms with Crippen LogP contribution in [0.3, 0.4) is 0 Å². The molecule has 1 saturated heterocycles. The van der Waals surface area contributed by atoms with Crippen molar-refractivity contribution in [1.29, 1.82) is 0 Å². The lowest BCUT2D eigenvalue weighted by atomic mass is 10.1. The molecule has 1 aromatic rings. The van der Waals surface area contributed by atoms with Gasteiger partial charge in [-0.1, -0.05) is 38.8 Å². The van der Waals surface area contributed by atoms with Crippen LogP contribution in [0.15, 0.2) is 29.3 Å². The second-order valence-electron chi connectivity index (χ2n) is 8.56. The Morgan fingerprint density at radius 1 is 1.23 bits per heavy atom. The molecule has 2 rings (SSSR count). The molecule has 0 aromatic heterocycles. The molecule has 6 heteroatoms. The van der Waals surface area contributed by atoms with Crippen LogP contribution in [0.4, 0.5) is 0 Å². The predicted octanol–water partition coefficient (Wildman–Crippen LogP) is 3.67. The lowest BCUT2D eigenvalue weighted by Gasteiger charge is -2.31. The minimum Gasteiger partial charge on any atom is -0.492 e. The van der Waals surface area contributed by atoms with Gasteiger partial charge in [0.15, 0.2) is 5.96 Å². The highest BCUT2D eigenvalue weighted by molar-refractivity contribution is 5.79. The molecule has 1 aliphatic heterocycles. The van der Waals surface area contributed by atoms with Gasteiger partial charge >= 0.3 is 0 Å². The van der Waals surface area contributed by atoms with Gasteiger partial charge < -0.3 is 20.1 Å². The van der Waals surface area contributed by atoms with E-state index in [1.165, 1.54) is 24.8 Å². The van der Waals surface area contributed by atoms with E-state index in [-0.39, 0.29) is 0 Å². The number of unbranched alkanes of at least 4 members (excludes halogenated alkanes) is 1. The standard InChI is InChI=1S/C24H42N4O2/c1-20(2)8-5-6-13-26-24(25-3)27-19-21-9-7-10-23(18-21)30-17-14-28(4)22-11-15-29-16-12-22/h7,9-10,18,20,22H,5-6,8,11-17,19H2,1-4H3,(H2,25,26,27). The Bertz CT molecular complexity index is 615. The van der Waals surface area contributed by atoms with E-state index in [2.05, 4.69) is 59.6 Å². The number of hydrogen-bond acceptors (Lipinski definition) is 4. The summed E-state index contributed by atoms with van der Waals surface area (Å²) < 4.78 is 11.5. The first-order valence-electron chi connectivity index (χ1n) is 11.5. The summed E-state index contributed by atoms with van der Waals surface area (Å²) in [5.41, 5.74) is 1.19. The van der Waals surface area contributed by atoms with Crippen LogP contribution in [0.25, 0.3) is 0 Å². The lowest BCUT2D eigenvalue weighted by molar-refractivity contribution is 0.0392. The zero-order valence-electron chi connectivity index (χ0n) is 19.5. The van der Waals surface area contributed by atoms with Gasteiger partial charge in [-0.15, -0.1) is 0 Å². The number of hydrogen-bond donors (Lipinski definition) is 2. The smallest absolute Gasteiger partial charge is 0.191 e. The Balaban J connectivity index is 1.67. The third kappa shape index (κ3) is 9.81. The van der Waals surface area contributed by atoms with Crippen molar-refractivity contribution in [2.75, 3.05) is 47.0 Å². The Kier molecular flexibility index (Phi) is 11.6. The Morgan fingerprint density at radius 2 is 2.03 bits per heavy atom. The van der Waals surface area contributed by atoms with Crippen molar-refractivity contribution in [3.63, 3.8) is 0 Å². The molecule has 1 heterocycles. The van der Waals surface area contributed by atoms with Gasteiger partial charge in [0.05, 0.1) is 0 Å². The van der Waals surface area contributed by atoms with E-state index in [9.17, 15) is 0 Å². The van der Waals surface area contributed by atoms with E-state index >= 15 is 0 Å². The summed E-state index contributed by atoms with van der Waals surface area (Å²) in [4.78, 5) is 6.71. The van der Waals surface area contributed by atoms with E-state index in [0.29, 0.717) is 12.6 Å². The molecule has 0 atom stereocenters. The average molecular weight is 419 g/mol. The van der Waals surface area contributed by atoms with Crippen LogP contribution in [-0.4, -0.2) is 63.9 Å². The quantitative estimate of drug-likeness (QED) is 0.308. The van der Waals surface area contributed by atoms with E-state index in [1.54, 1.807) is 0 Å². The van der Waals surface area contributed by atoms with Crippen molar-refractivity contribution < 1.29 is 9.47 Å². The molecule has 0 unspecified atom stereocenters. The van der Waals surface area contributed by atoms with Crippen LogP contribution in [-0.2, 0) is 11.3 Å². The van der Waals surface area contributed by atoms with Gasteiger partial charge in [-0.25, -0.2) is 0 Å². The summed E-state index contributed by atoms with van der Waals surface area (Å²) >= 11 is 0. The molecular formula is C24H42N4O2. The fourth-order valence-electron chi connectivity index (χ4n) is 3.65. The molecule has 1 aliphatic rings. The van der Waals surface area contributed by atoms with Crippen LogP contribution < -0.4 is 15.4 Å². The Hall–Kier alpha value is -1.79. The van der Waals surface area contributed by atoms with Crippen LogP contribution >= 0.6 is 0 Å². The van der Waals surface area contributed by atoms with Crippen molar-refractivity contribution in [3.8, 4) is 5.75 Å². The number of nitrogens with zero attached hydrogens (tertiary/aromatic N) is 2. The fraction of sp³-hybridized carbons (Fsp3) is 0.708. The minimum absolute atomic E-state index is 0.613. The summed E-state index contributed by atoms with van der Waals surface area (Å²) in [6, 6.07) is 8.92. The molecule has 1 fully saturated rings. The van der Waals surface area contributed by atoms with E-state index < -0.39 is 0 Å². The molecule has 1 aromatic carbocycles. The third-order valence-corrected chi connectivity index (χ3v) is 5.61. The van der Waals surface area contributed by atoms with Gasteiger partial charge in [-0.3, -0.25) is 9.89 Å². The average Bonchev–Trinajstić information content (AvgIpc) is 2.76. The van der Waals surface area contributed by atoms with Crippen LogP contribution in [0.2, 0.25) is 0 Å². The largest absolute Gasteiger partial charge is 0.492 e. The topological polar surface area (TPSA) is 58.1 Å². The van der Waals surface area contributed by atoms with Crippen LogP contribution in [0, 0.1) is 5.92 Å². The molecule has 0 saturated carbocycles. The lowest BCUT2D eigenvalue weighted by Crippen LogP contribution is -2.38. The monoisotopic (exact) mass is 418 g/mol. The highest BCUT2D eigenvalue weighted by atomic mass is 16.5. The van der Waals surface area contributed by atoms with Gasteiger partial charge in [0.25, 0.3) is 0 Å². The van der Waals surface area contributed by atoms with Crippen molar-refractivity contribution in [2.45, 2.75) is 58.5 Å². The number of aliphatic imine (C=N–C) groups is 1. The number of likely N-dealkylation sites (N-methyl/N-ethyl adjacent to an activating group) is 1. The first-order valence-corrected chi connectivity index (χ1v) is 11.5. The van der Waals surface area contributed by atoms with Crippen LogP contribution in [0.5, 0.6) is 5.75 Å². The highest BCUT2D eigenvalue weighted by Gasteiger charge is 2.17. The summed E-state index contributed by atoms with van der Waals surface area (Å²) in [6.45, 7) is 9.61. The SMILES string of the molecule is CN=C(NCCCCC(C)C)NCc1cccc(OCCN(C)C2CCOCC2)c1. The number of rotatable bonds is 12. The predicted molar refractivity (Wildman–Crippen MR) is 125 cm³/mol. The summed E-state index contributed by atoms with van der Waals surface area (Å²) in [5.74, 6) is 2.55. The Labute approximate surface area is 183 Å². The van der Waals surface area contributed by atoms with E-state index in [0.717, 1.165) is 63.3 Å². The second kappa shape index (κ2) is 14.3. The number of nitrogens with one attached hydrogen (secondary N) is 2. The molecule has 30 heavy (non-hydrogen) atoms. The van der Waals surface area contributed by atoms with Gasteiger partial charge in [0.1, 0.15) is 12.4 Å². The van der Waals surface area contributed by atoms with Gasteiger partial charge in [0.2, 0.25) is 0 Å². The molecular weight excluding hydrogens is 376 g/mol. The number of guanidine groups is 1. The van der Waals surface area contributed by atoms with Crippen molar-refractivity contribution in [1.82, 2.24) is 15.5 Å². The van der Waals surface area contributed by atoms with Gasteiger partial charge in [-0.2, -0.15) is 0 Å². The molecule has 0 bridgehead atoms. The maximum absolute atomic E-state index is 6.01. The normalized spacial score (nSPS) is 15.6. The van der Waals surface area contributed by atoms with Crippen molar-refractivity contribution in [3.05, 3.63) is 29.8 Å². The maximum Gasteiger partial charge on any atom is 0.191 e. The highest BCUT2D eigenvalue weighted by Crippen LogP contribution is 2.15. The van der Waals surface area contributed by atoms with E-state index in [1.807, 2.05) is 13.1 Å². The molecule has 0 radical (unpaired) electrons. The zero-order valence-corrected chi connectivity index (χ0v) is 19.5. The number of ether oxygens (including phenoxy) is 2. The van der Waals surface area contributed by atoms with Crippen molar-refractivity contribution >= 4 is 5.96 Å². The molecule has 170 valence electrons.